The summed E-state index contributed by atoms with van der Waals surface area (Å²) >= 11 is 6.82. The molecule has 164 valence electrons. The fourth-order valence-electron chi connectivity index (χ4n) is 3.67. The number of carbonyl (C=O) groups excluding carboxylic acids is 1. The van der Waals surface area contributed by atoms with Crippen LogP contribution in [0.25, 0.3) is 10.2 Å². The molecule has 1 aromatic heterocycles. The number of halogens is 1. The quantitative estimate of drug-likeness (QED) is 0.580. The van der Waals surface area contributed by atoms with E-state index in [-0.39, 0.29) is 28.6 Å². The number of nitrogens with zero attached hydrogens (tertiary/aromatic N) is 2. The lowest BCUT2D eigenvalue weighted by Gasteiger charge is -2.26. The zero-order valence-corrected chi connectivity index (χ0v) is 19.1. The Hall–Kier alpha value is -2.36. The molecule has 3 aromatic rings. The van der Waals surface area contributed by atoms with Crippen molar-refractivity contribution in [1.29, 1.82) is 0 Å². The maximum absolute atomic E-state index is 12.7. The van der Waals surface area contributed by atoms with Gasteiger partial charge in [0.05, 0.1) is 15.1 Å². The van der Waals surface area contributed by atoms with Gasteiger partial charge in [0.25, 0.3) is 10.0 Å². The number of hydrogen-bond acceptors (Lipinski definition) is 5. The van der Waals surface area contributed by atoms with Crippen molar-refractivity contribution in [3.05, 3.63) is 57.2 Å². The molecule has 1 aliphatic rings. The Kier molecular flexibility index (Phi) is 6.36. The number of anilines is 1. The topological polar surface area (TPSA) is 88.5 Å². The number of aryl methyl sites for hydroxylation is 1. The summed E-state index contributed by atoms with van der Waals surface area (Å²) in [6, 6.07) is 10.9. The summed E-state index contributed by atoms with van der Waals surface area (Å²) in [5, 5.41) is 0.509. The number of likely N-dealkylation sites (tertiary alicyclic amines) is 1. The number of nitrogens with one attached hydrogen (secondary N) is 1. The Balaban J connectivity index is 1.53. The number of sulfonamides is 1. The average Bonchev–Trinajstić information content (AvgIpc) is 3.08. The molecule has 1 fully saturated rings. The van der Waals surface area contributed by atoms with Crippen molar-refractivity contribution in [3.63, 3.8) is 0 Å². The lowest BCUT2D eigenvalue weighted by atomic mass is 10.1. The summed E-state index contributed by atoms with van der Waals surface area (Å²) in [5.41, 5.74) is 1.03. The molecule has 0 aliphatic carbocycles. The number of rotatable bonds is 6. The number of hydrogen-bond donors (Lipinski definition) is 1. The summed E-state index contributed by atoms with van der Waals surface area (Å²) in [6.45, 7) is 1.84. The van der Waals surface area contributed by atoms with E-state index in [1.807, 2.05) is 4.90 Å². The Labute approximate surface area is 189 Å². The molecule has 1 N–H and O–H groups in total. The summed E-state index contributed by atoms with van der Waals surface area (Å²) in [5.74, 6) is 0.0531. The van der Waals surface area contributed by atoms with Gasteiger partial charge in [-0.05, 0) is 61.7 Å². The van der Waals surface area contributed by atoms with Crippen molar-refractivity contribution in [2.45, 2.75) is 37.1 Å². The zero-order valence-electron chi connectivity index (χ0n) is 16.7. The molecule has 1 aliphatic heterocycles. The van der Waals surface area contributed by atoms with Gasteiger partial charge in [-0.2, -0.15) is 0 Å². The van der Waals surface area contributed by atoms with Crippen LogP contribution in [0.4, 0.5) is 5.69 Å². The minimum atomic E-state index is -3.82. The van der Waals surface area contributed by atoms with Crippen LogP contribution in [0.3, 0.4) is 0 Å². The number of piperidine rings is 1. The Bertz CT molecular complexity index is 1260. The molecular formula is C21H22ClN3O4S2. The summed E-state index contributed by atoms with van der Waals surface area (Å²) < 4.78 is 30.1. The number of benzene rings is 2. The highest BCUT2D eigenvalue weighted by atomic mass is 35.5. The van der Waals surface area contributed by atoms with Gasteiger partial charge < -0.3 is 4.90 Å². The monoisotopic (exact) mass is 479 g/mol. The van der Waals surface area contributed by atoms with Crippen molar-refractivity contribution in [3.8, 4) is 0 Å². The predicted molar refractivity (Wildman–Crippen MR) is 123 cm³/mol. The molecule has 10 heteroatoms. The van der Waals surface area contributed by atoms with Gasteiger partial charge in [0.2, 0.25) is 5.91 Å². The van der Waals surface area contributed by atoms with Gasteiger partial charge in [-0.3, -0.25) is 18.9 Å². The Morgan fingerprint density at radius 1 is 1.06 bits per heavy atom. The SMILES string of the molecule is O=C(CCn1c(=O)sc2cc(S(=O)(=O)Nc3ccc(Cl)cc3)ccc21)N1CCCCC1. The van der Waals surface area contributed by atoms with Gasteiger partial charge >= 0.3 is 4.87 Å². The van der Waals surface area contributed by atoms with E-state index in [0.29, 0.717) is 20.9 Å². The predicted octanol–water partition coefficient (Wildman–Crippen LogP) is 3.92. The molecular weight excluding hydrogens is 458 g/mol. The first-order valence-corrected chi connectivity index (χ1v) is 12.7. The second-order valence-electron chi connectivity index (χ2n) is 7.45. The van der Waals surface area contributed by atoms with Crippen molar-refractivity contribution in [1.82, 2.24) is 9.47 Å². The number of carbonyl (C=O) groups is 1. The van der Waals surface area contributed by atoms with Crippen LogP contribution in [0.1, 0.15) is 25.7 Å². The van der Waals surface area contributed by atoms with Crippen molar-refractivity contribution in [2.24, 2.45) is 0 Å². The molecule has 0 saturated carbocycles. The van der Waals surface area contributed by atoms with E-state index in [9.17, 15) is 18.0 Å². The van der Waals surface area contributed by atoms with Crippen molar-refractivity contribution >= 4 is 54.8 Å². The minimum absolute atomic E-state index is 0.0531. The van der Waals surface area contributed by atoms with Crippen molar-refractivity contribution in [2.75, 3.05) is 17.8 Å². The summed E-state index contributed by atoms with van der Waals surface area (Å²) in [4.78, 5) is 26.6. The fraction of sp³-hybridized carbons (Fsp3) is 0.333. The molecule has 2 aromatic carbocycles. The Morgan fingerprint density at radius 2 is 1.77 bits per heavy atom. The van der Waals surface area contributed by atoms with Gasteiger partial charge in [0.15, 0.2) is 0 Å². The van der Waals surface area contributed by atoms with Crippen LogP contribution >= 0.6 is 22.9 Å². The molecule has 2 heterocycles. The van der Waals surface area contributed by atoms with E-state index in [2.05, 4.69) is 4.72 Å². The number of amides is 1. The molecule has 0 radical (unpaired) electrons. The van der Waals surface area contributed by atoms with E-state index >= 15 is 0 Å². The molecule has 0 bridgehead atoms. The highest BCUT2D eigenvalue weighted by Crippen LogP contribution is 2.24. The van der Waals surface area contributed by atoms with Crippen LogP contribution < -0.4 is 9.60 Å². The van der Waals surface area contributed by atoms with Crippen LogP contribution in [-0.4, -0.2) is 36.9 Å². The standard InChI is InChI=1S/C21H22ClN3O4S2/c22-15-4-6-16(7-5-15)23-31(28,29)17-8-9-18-19(14-17)30-21(27)25(18)13-10-20(26)24-11-2-1-3-12-24/h4-9,14,23H,1-3,10-13H2. The first-order valence-electron chi connectivity index (χ1n) is 10.0. The third kappa shape index (κ3) is 4.94. The first-order chi connectivity index (χ1) is 14.8. The van der Waals surface area contributed by atoms with Crippen LogP contribution in [0.5, 0.6) is 0 Å². The third-order valence-electron chi connectivity index (χ3n) is 5.30. The molecule has 31 heavy (non-hydrogen) atoms. The highest BCUT2D eigenvalue weighted by Gasteiger charge is 2.19. The Morgan fingerprint density at radius 3 is 2.48 bits per heavy atom. The molecule has 0 unspecified atom stereocenters. The van der Waals surface area contributed by atoms with E-state index in [1.165, 1.54) is 12.1 Å². The normalized spacial score (nSPS) is 14.7. The highest BCUT2D eigenvalue weighted by molar-refractivity contribution is 7.92. The molecule has 1 amide bonds. The maximum atomic E-state index is 12.7. The minimum Gasteiger partial charge on any atom is -0.343 e. The van der Waals surface area contributed by atoms with Crippen LogP contribution in [0.15, 0.2) is 52.2 Å². The number of aromatic nitrogens is 1. The molecule has 4 rings (SSSR count). The van der Waals surface area contributed by atoms with E-state index < -0.39 is 10.0 Å². The number of thiazole rings is 1. The number of fused-ring (bicyclic) bond motifs is 1. The summed E-state index contributed by atoms with van der Waals surface area (Å²) in [6.07, 6.45) is 3.45. The smallest absolute Gasteiger partial charge is 0.308 e. The van der Waals surface area contributed by atoms with Gasteiger partial charge in [0, 0.05) is 36.8 Å². The first kappa shape index (κ1) is 21.9. The van der Waals surface area contributed by atoms with Crippen LogP contribution in [0, 0.1) is 0 Å². The van der Waals surface area contributed by atoms with Crippen molar-refractivity contribution < 1.29 is 13.2 Å². The third-order valence-corrected chi connectivity index (χ3v) is 7.88. The van der Waals surface area contributed by atoms with E-state index in [4.69, 9.17) is 11.6 Å². The van der Waals surface area contributed by atoms with Gasteiger partial charge in [-0.1, -0.05) is 22.9 Å². The molecule has 1 saturated heterocycles. The average molecular weight is 480 g/mol. The molecule has 7 nitrogen and oxygen atoms in total. The van der Waals surface area contributed by atoms with E-state index in [0.717, 1.165) is 43.7 Å². The van der Waals surface area contributed by atoms with Crippen LogP contribution in [0.2, 0.25) is 5.02 Å². The molecule has 0 atom stereocenters. The second-order valence-corrected chi connectivity index (χ2v) is 10.6. The van der Waals surface area contributed by atoms with Crippen LogP contribution in [-0.2, 0) is 21.4 Å². The lowest BCUT2D eigenvalue weighted by molar-refractivity contribution is -0.132. The van der Waals surface area contributed by atoms with Gasteiger partial charge in [0.1, 0.15) is 0 Å². The lowest BCUT2D eigenvalue weighted by Crippen LogP contribution is -2.36. The largest absolute Gasteiger partial charge is 0.343 e. The van der Waals surface area contributed by atoms with Gasteiger partial charge in [-0.25, -0.2) is 8.42 Å². The second kappa shape index (κ2) is 9.02. The van der Waals surface area contributed by atoms with E-state index in [1.54, 1.807) is 34.9 Å². The summed E-state index contributed by atoms with van der Waals surface area (Å²) in [7, 11) is -3.82. The fourth-order valence-corrected chi connectivity index (χ4v) is 5.91. The molecule has 0 spiro atoms. The van der Waals surface area contributed by atoms with Gasteiger partial charge in [-0.15, -0.1) is 0 Å². The zero-order chi connectivity index (χ0) is 22.0. The maximum Gasteiger partial charge on any atom is 0.308 e.